The fraction of sp³-hybridized carbons (Fsp3) is 0.444. The molecule has 0 aromatic heterocycles. The van der Waals surface area contributed by atoms with Gasteiger partial charge in [0.05, 0.1) is 25.3 Å². The third-order valence-corrected chi connectivity index (χ3v) is 5.95. The lowest BCUT2D eigenvalue weighted by Crippen LogP contribution is -2.30. The molecule has 1 heterocycles. The minimum Gasteiger partial charge on any atom is -0.490 e. The predicted molar refractivity (Wildman–Crippen MR) is 142 cm³/mol. The zero-order chi connectivity index (χ0) is 25.9. The molecular weight excluding hydrogens is 531 g/mol. The van der Waals surface area contributed by atoms with Gasteiger partial charge in [0.25, 0.3) is 0 Å². The molecule has 3 rings (SSSR count). The summed E-state index contributed by atoms with van der Waals surface area (Å²) in [6.45, 7) is 10.3. The van der Waals surface area contributed by atoms with Crippen LogP contribution in [0.25, 0.3) is 0 Å². The smallest absolute Gasteiger partial charge is 0.303 e. The summed E-state index contributed by atoms with van der Waals surface area (Å²) >= 11 is 0. The maximum absolute atomic E-state index is 15.3. The molecule has 1 aliphatic rings. The van der Waals surface area contributed by atoms with Gasteiger partial charge < -0.3 is 19.5 Å². The van der Waals surface area contributed by atoms with E-state index in [0.29, 0.717) is 29.9 Å². The van der Waals surface area contributed by atoms with Gasteiger partial charge in [-0.2, -0.15) is 0 Å². The van der Waals surface area contributed by atoms with Crippen LogP contribution >= 0.6 is 17.0 Å². The predicted octanol–water partition coefficient (Wildman–Crippen LogP) is 5.54. The van der Waals surface area contributed by atoms with Gasteiger partial charge in [-0.15, -0.1) is 17.0 Å². The van der Waals surface area contributed by atoms with Crippen LogP contribution in [0.1, 0.15) is 73.7 Å². The van der Waals surface area contributed by atoms with Crippen LogP contribution in [0.5, 0.6) is 11.5 Å². The first-order valence-electron chi connectivity index (χ1n) is 11.8. The Hall–Kier alpha value is -2.94. The number of fused-ring (bicyclic) bond motifs is 1. The molecule has 0 saturated heterocycles. The van der Waals surface area contributed by atoms with Crippen LogP contribution in [0, 0.1) is 11.2 Å². The summed E-state index contributed by atoms with van der Waals surface area (Å²) in [6, 6.07) is 7.00. The molecule has 36 heavy (non-hydrogen) atoms. The average molecular weight is 565 g/mol. The Balaban J connectivity index is 0.00000456. The number of hydrogen-bond donors (Lipinski definition) is 2. The number of nitrogens with one attached hydrogen (secondary N) is 1. The van der Waals surface area contributed by atoms with Crippen LogP contribution in [0.15, 0.2) is 24.3 Å². The summed E-state index contributed by atoms with van der Waals surface area (Å²) in [5, 5.41) is 17.6. The van der Waals surface area contributed by atoms with E-state index < -0.39 is 11.8 Å². The number of ether oxygens (including phenoxy) is 2. The lowest BCUT2D eigenvalue weighted by molar-refractivity contribution is -0.136. The van der Waals surface area contributed by atoms with Crippen LogP contribution in [-0.4, -0.2) is 47.4 Å². The Morgan fingerprint density at radius 2 is 1.81 bits per heavy atom. The number of aliphatic carboxylic acids is 1. The van der Waals surface area contributed by atoms with Crippen LogP contribution in [0.3, 0.4) is 0 Å². The van der Waals surface area contributed by atoms with Crippen LogP contribution in [0.2, 0.25) is 0 Å². The number of Topliss-reactive ketones (excluding diaryl/α,β-unsaturated/α-hetero) is 1. The number of halogens is 2. The molecule has 0 bridgehead atoms. The van der Waals surface area contributed by atoms with Crippen molar-refractivity contribution in [3.63, 3.8) is 0 Å². The largest absolute Gasteiger partial charge is 0.490 e. The van der Waals surface area contributed by atoms with Crippen LogP contribution in [0.4, 0.5) is 4.39 Å². The topological polar surface area (TPSA) is 99.9 Å². The van der Waals surface area contributed by atoms with Crippen molar-refractivity contribution in [3.05, 3.63) is 57.9 Å². The third kappa shape index (κ3) is 6.24. The number of carbonyl (C=O) groups is 2. The molecule has 9 heteroatoms. The van der Waals surface area contributed by atoms with E-state index in [1.807, 2.05) is 32.9 Å². The molecular formula is C27H34BrFN2O5. The van der Waals surface area contributed by atoms with Gasteiger partial charge in [0.2, 0.25) is 0 Å². The lowest BCUT2D eigenvalue weighted by atomic mass is 9.81. The minimum absolute atomic E-state index is 0. The molecule has 0 fully saturated rings. The van der Waals surface area contributed by atoms with Crippen molar-refractivity contribution in [2.24, 2.45) is 0 Å². The van der Waals surface area contributed by atoms with Gasteiger partial charge in [0.15, 0.2) is 23.1 Å². The number of nitrogens with zero attached hydrogens (tertiary/aromatic N) is 1. The highest BCUT2D eigenvalue weighted by atomic mass is 79.9. The molecule has 7 nitrogen and oxygen atoms in total. The number of rotatable bonds is 10. The number of benzene rings is 2. The van der Waals surface area contributed by atoms with Crippen molar-refractivity contribution in [2.45, 2.75) is 59.4 Å². The van der Waals surface area contributed by atoms with Crippen molar-refractivity contribution in [1.29, 1.82) is 5.41 Å². The zero-order valence-electron chi connectivity index (χ0n) is 21.4. The fourth-order valence-electron chi connectivity index (χ4n) is 4.33. The fourth-order valence-corrected chi connectivity index (χ4v) is 4.33. The Morgan fingerprint density at radius 1 is 1.14 bits per heavy atom. The van der Waals surface area contributed by atoms with Gasteiger partial charge >= 0.3 is 5.97 Å². The Labute approximate surface area is 221 Å². The summed E-state index contributed by atoms with van der Waals surface area (Å²) in [7, 11) is 0. The highest BCUT2D eigenvalue weighted by Crippen LogP contribution is 2.39. The maximum Gasteiger partial charge on any atom is 0.303 e. The van der Waals surface area contributed by atoms with Crippen molar-refractivity contribution < 1.29 is 28.6 Å². The number of hydrogen-bond acceptors (Lipinski definition) is 5. The summed E-state index contributed by atoms with van der Waals surface area (Å²) in [5.74, 6) is -1.51. The summed E-state index contributed by atoms with van der Waals surface area (Å²) in [5.41, 5.74) is 2.71. The van der Waals surface area contributed by atoms with E-state index in [4.69, 9.17) is 20.0 Å². The van der Waals surface area contributed by atoms with Crippen molar-refractivity contribution >= 4 is 34.6 Å². The first-order chi connectivity index (χ1) is 16.5. The Morgan fingerprint density at radius 3 is 2.39 bits per heavy atom. The summed E-state index contributed by atoms with van der Waals surface area (Å²) in [4.78, 5) is 25.8. The number of carbonyl (C=O) groups excluding carboxylic acids is 1. The van der Waals surface area contributed by atoms with Gasteiger partial charge in [0, 0.05) is 18.5 Å². The summed E-state index contributed by atoms with van der Waals surface area (Å²) in [6.07, 6.45) is 0.394. The molecule has 0 amide bonds. The van der Waals surface area contributed by atoms with Gasteiger partial charge in [0.1, 0.15) is 5.84 Å². The van der Waals surface area contributed by atoms with E-state index >= 15 is 4.39 Å². The molecule has 1 aliphatic heterocycles. The molecule has 0 atom stereocenters. The first kappa shape index (κ1) is 29.3. The van der Waals surface area contributed by atoms with Gasteiger partial charge in [-0.1, -0.05) is 32.9 Å². The highest BCUT2D eigenvalue weighted by molar-refractivity contribution is 8.93. The van der Waals surface area contributed by atoms with Gasteiger partial charge in [-0.05, 0) is 54.5 Å². The Bertz CT molecular complexity index is 1160. The number of carboxylic acid groups (broad SMARTS) is 1. The number of carboxylic acids is 1. The van der Waals surface area contributed by atoms with Crippen LogP contribution < -0.4 is 9.47 Å². The van der Waals surface area contributed by atoms with E-state index in [1.165, 1.54) is 4.90 Å². The van der Waals surface area contributed by atoms with Crippen molar-refractivity contribution in [2.75, 3.05) is 19.8 Å². The molecule has 2 aromatic rings. The highest BCUT2D eigenvalue weighted by Gasteiger charge is 2.33. The monoisotopic (exact) mass is 564 g/mol. The van der Waals surface area contributed by atoms with E-state index in [-0.39, 0.29) is 71.4 Å². The Kier molecular flexibility index (Phi) is 9.65. The van der Waals surface area contributed by atoms with Crippen molar-refractivity contribution in [1.82, 2.24) is 4.90 Å². The molecule has 0 saturated carbocycles. The number of amidine groups is 1. The SMILES string of the molecule is Br.CCOc1cc2c(c(F)c1OCC)C(=N)N(CC(=O)c1ccc(CCC(=O)O)c(C(C)(C)C)c1)C2. The number of aryl methyl sites for hydroxylation is 1. The average Bonchev–Trinajstić information content (AvgIpc) is 3.09. The molecule has 0 unspecified atom stereocenters. The van der Waals surface area contributed by atoms with Crippen molar-refractivity contribution in [3.8, 4) is 11.5 Å². The van der Waals surface area contributed by atoms with E-state index in [9.17, 15) is 9.59 Å². The molecule has 2 aromatic carbocycles. The van der Waals surface area contributed by atoms with Gasteiger partial charge in [-0.25, -0.2) is 4.39 Å². The normalized spacial score (nSPS) is 12.7. The zero-order valence-corrected chi connectivity index (χ0v) is 23.1. The molecule has 0 radical (unpaired) electrons. The van der Waals surface area contributed by atoms with E-state index in [2.05, 4.69) is 0 Å². The first-order valence-corrected chi connectivity index (χ1v) is 11.8. The third-order valence-electron chi connectivity index (χ3n) is 5.95. The minimum atomic E-state index is -0.871. The second-order valence-electron chi connectivity index (χ2n) is 9.56. The second-order valence-corrected chi connectivity index (χ2v) is 9.56. The van der Waals surface area contributed by atoms with E-state index in [0.717, 1.165) is 11.1 Å². The molecule has 0 spiro atoms. The second kappa shape index (κ2) is 11.9. The summed E-state index contributed by atoms with van der Waals surface area (Å²) < 4.78 is 26.3. The molecule has 196 valence electrons. The quantitative estimate of drug-likeness (QED) is 0.367. The number of ketones is 1. The lowest BCUT2D eigenvalue weighted by Gasteiger charge is -2.24. The van der Waals surface area contributed by atoms with Gasteiger partial charge in [-0.3, -0.25) is 15.0 Å². The standard InChI is InChI=1S/C27H33FN2O5.BrH/c1-6-34-21-13-18-14-30(26(29)23(18)24(28)25(21)35-7-2)15-20(31)17-9-8-16(10-11-22(32)33)19(12-17)27(3,4)5;/h8-9,12-13,29H,6-7,10-11,14-15H2,1-5H3,(H,32,33);1H. The maximum atomic E-state index is 15.3. The van der Waals surface area contributed by atoms with E-state index in [1.54, 1.807) is 26.0 Å². The molecule has 2 N–H and O–H groups in total. The van der Waals surface area contributed by atoms with Crippen LogP contribution in [-0.2, 0) is 23.2 Å². The molecule has 0 aliphatic carbocycles.